The molecular weight excluding hydrogens is 299 g/mol. The van der Waals surface area contributed by atoms with E-state index in [4.69, 9.17) is 0 Å². The summed E-state index contributed by atoms with van der Waals surface area (Å²) in [7, 11) is 0. The first-order chi connectivity index (χ1) is 10.4. The summed E-state index contributed by atoms with van der Waals surface area (Å²) in [5.74, 6) is -1.41. The van der Waals surface area contributed by atoms with Crippen molar-refractivity contribution < 1.29 is 27.5 Å². The van der Waals surface area contributed by atoms with Gasteiger partial charge in [0.1, 0.15) is 0 Å². The van der Waals surface area contributed by atoms with Crippen molar-refractivity contribution in [1.82, 2.24) is 5.32 Å². The molecule has 0 atom stereocenters. The van der Waals surface area contributed by atoms with Crippen molar-refractivity contribution in [3.05, 3.63) is 29.3 Å². The SMILES string of the molecule is O=COc1c(C(=O)NC2CCCCC2)cccc1C(F)(F)F. The van der Waals surface area contributed by atoms with Gasteiger partial charge in [-0.15, -0.1) is 0 Å². The Hall–Kier alpha value is -2.05. The summed E-state index contributed by atoms with van der Waals surface area (Å²) in [4.78, 5) is 22.7. The van der Waals surface area contributed by atoms with Gasteiger partial charge in [0, 0.05) is 6.04 Å². The zero-order valence-electron chi connectivity index (χ0n) is 11.8. The smallest absolute Gasteiger partial charge is 0.420 e. The van der Waals surface area contributed by atoms with Crippen molar-refractivity contribution in [2.45, 2.75) is 44.3 Å². The molecule has 0 saturated heterocycles. The molecule has 22 heavy (non-hydrogen) atoms. The van der Waals surface area contributed by atoms with Crippen molar-refractivity contribution in [2.24, 2.45) is 0 Å². The predicted molar refractivity (Wildman–Crippen MR) is 72.5 cm³/mol. The van der Waals surface area contributed by atoms with Gasteiger partial charge in [-0.3, -0.25) is 9.59 Å². The Morgan fingerprint density at radius 3 is 2.50 bits per heavy atom. The van der Waals surface area contributed by atoms with E-state index in [9.17, 15) is 22.8 Å². The maximum Gasteiger partial charge on any atom is 0.420 e. The number of carbonyl (C=O) groups is 2. The number of hydrogen-bond acceptors (Lipinski definition) is 3. The number of para-hydroxylation sites is 1. The molecule has 2 rings (SSSR count). The number of carbonyl (C=O) groups excluding carboxylic acids is 2. The van der Waals surface area contributed by atoms with Crippen LogP contribution >= 0.6 is 0 Å². The second-order valence-corrected chi connectivity index (χ2v) is 5.20. The lowest BCUT2D eigenvalue weighted by atomic mass is 9.95. The highest BCUT2D eigenvalue weighted by atomic mass is 19.4. The van der Waals surface area contributed by atoms with Crippen LogP contribution < -0.4 is 10.1 Å². The average molecular weight is 315 g/mol. The van der Waals surface area contributed by atoms with Crippen LogP contribution in [-0.2, 0) is 11.0 Å². The summed E-state index contributed by atoms with van der Waals surface area (Å²) in [6.07, 6.45) is -0.0610. The lowest BCUT2D eigenvalue weighted by molar-refractivity contribution is -0.139. The third-order valence-electron chi connectivity index (χ3n) is 3.67. The van der Waals surface area contributed by atoms with Crippen LogP contribution in [0.4, 0.5) is 13.2 Å². The number of ether oxygens (including phenoxy) is 1. The maximum atomic E-state index is 12.9. The van der Waals surface area contributed by atoms with Gasteiger partial charge in [0.25, 0.3) is 12.4 Å². The molecule has 1 N–H and O–H groups in total. The lowest BCUT2D eigenvalue weighted by Crippen LogP contribution is -2.36. The molecule has 7 heteroatoms. The Morgan fingerprint density at radius 1 is 1.23 bits per heavy atom. The molecule has 0 spiro atoms. The highest BCUT2D eigenvalue weighted by molar-refractivity contribution is 5.98. The number of amides is 1. The molecule has 1 aromatic rings. The molecule has 1 aliphatic carbocycles. The van der Waals surface area contributed by atoms with Crippen LogP contribution in [0.3, 0.4) is 0 Å². The van der Waals surface area contributed by atoms with Crippen molar-refractivity contribution in [3.8, 4) is 5.75 Å². The van der Waals surface area contributed by atoms with Crippen LogP contribution in [0.25, 0.3) is 0 Å². The van der Waals surface area contributed by atoms with E-state index in [1.54, 1.807) is 0 Å². The van der Waals surface area contributed by atoms with E-state index >= 15 is 0 Å². The first-order valence-electron chi connectivity index (χ1n) is 7.05. The number of hydrogen-bond donors (Lipinski definition) is 1. The van der Waals surface area contributed by atoms with Gasteiger partial charge in [0.05, 0.1) is 11.1 Å². The number of halogens is 3. The fraction of sp³-hybridized carbons (Fsp3) is 0.467. The highest BCUT2D eigenvalue weighted by Crippen LogP contribution is 2.38. The zero-order chi connectivity index (χ0) is 16.2. The number of alkyl halides is 3. The van der Waals surface area contributed by atoms with E-state index in [0.29, 0.717) is 0 Å². The van der Waals surface area contributed by atoms with E-state index < -0.39 is 23.4 Å². The fourth-order valence-electron chi connectivity index (χ4n) is 2.62. The number of rotatable bonds is 4. The first kappa shape index (κ1) is 16.3. The fourth-order valence-corrected chi connectivity index (χ4v) is 2.62. The Kier molecular flexibility index (Phi) is 5.05. The zero-order valence-corrected chi connectivity index (χ0v) is 11.8. The van der Waals surface area contributed by atoms with Gasteiger partial charge in [0.2, 0.25) is 0 Å². The van der Waals surface area contributed by atoms with Gasteiger partial charge < -0.3 is 10.1 Å². The van der Waals surface area contributed by atoms with Crippen LogP contribution in [0.1, 0.15) is 48.0 Å². The molecule has 0 heterocycles. The summed E-state index contributed by atoms with van der Waals surface area (Å²) in [5, 5.41) is 2.71. The molecule has 1 amide bonds. The molecule has 1 fully saturated rings. The Labute approximate surface area is 125 Å². The van der Waals surface area contributed by atoms with E-state index in [1.807, 2.05) is 0 Å². The Bertz CT molecular complexity index is 551. The molecule has 1 saturated carbocycles. The summed E-state index contributed by atoms with van der Waals surface area (Å²) in [5.41, 5.74) is -1.43. The van der Waals surface area contributed by atoms with E-state index in [-0.39, 0.29) is 18.1 Å². The van der Waals surface area contributed by atoms with Crippen LogP contribution in [0, 0.1) is 0 Å². The van der Waals surface area contributed by atoms with Crippen LogP contribution in [0.5, 0.6) is 5.75 Å². The molecule has 1 aromatic carbocycles. The van der Waals surface area contributed by atoms with Gasteiger partial charge >= 0.3 is 6.18 Å². The topological polar surface area (TPSA) is 55.4 Å². The quantitative estimate of drug-likeness (QED) is 0.867. The lowest BCUT2D eigenvalue weighted by Gasteiger charge is -2.23. The van der Waals surface area contributed by atoms with Crippen molar-refractivity contribution in [1.29, 1.82) is 0 Å². The summed E-state index contributed by atoms with van der Waals surface area (Å²) >= 11 is 0. The molecule has 0 aliphatic heterocycles. The third kappa shape index (κ3) is 3.78. The molecule has 4 nitrogen and oxygen atoms in total. The van der Waals surface area contributed by atoms with Crippen LogP contribution in [-0.4, -0.2) is 18.4 Å². The maximum absolute atomic E-state index is 12.9. The standard InChI is InChI=1S/C15H16F3NO3/c16-15(17,18)12-8-4-7-11(13(12)22-9-20)14(21)19-10-5-2-1-3-6-10/h4,7-10H,1-3,5-6H2,(H,19,21). The van der Waals surface area contributed by atoms with Crippen molar-refractivity contribution >= 4 is 12.4 Å². The monoisotopic (exact) mass is 315 g/mol. The van der Waals surface area contributed by atoms with Crippen LogP contribution in [0.2, 0.25) is 0 Å². The Balaban J connectivity index is 2.28. The minimum Gasteiger partial charge on any atom is -0.427 e. The summed E-state index contributed by atoms with van der Waals surface area (Å²) in [6.45, 7) is -0.109. The average Bonchev–Trinajstić information content (AvgIpc) is 2.47. The molecule has 0 bridgehead atoms. The van der Waals surface area contributed by atoms with Gasteiger partial charge in [0.15, 0.2) is 5.75 Å². The highest BCUT2D eigenvalue weighted by Gasteiger charge is 2.36. The summed E-state index contributed by atoms with van der Waals surface area (Å²) < 4.78 is 43.3. The third-order valence-corrected chi connectivity index (χ3v) is 3.67. The molecule has 1 aliphatic rings. The minimum absolute atomic E-state index is 0.0557. The number of benzene rings is 1. The van der Waals surface area contributed by atoms with Gasteiger partial charge in [-0.25, -0.2) is 0 Å². The second-order valence-electron chi connectivity index (χ2n) is 5.20. The van der Waals surface area contributed by atoms with E-state index in [0.717, 1.165) is 44.2 Å². The molecule has 0 radical (unpaired) electrons. The predicted octanol–water partition coefficient (Wildman–Crippen LogP) is 3.30. The summed E-state index contributed by atoms with van der Waals surface area (Å²) in [6, 6.07) is 3.05. The molecular formula is C15H16F3NO3. The molecule has 0 unspecified atom stereocenters. The largest absolute Gasteiger partial charge is 0.427 e. The van der Waals surface area contributed by atoms with Crippen molar-refractivity contribution in [3.63, 3.8) is 0 Å². The van der Waals surface area contributed by atoms with Gasteiger partial charge in [-0.1, -0.05) is 25.3 Å². The van der Waals surface area contributed by atoms with Gasteiger partial charge in [-0.05, 0) is 25.0 Å². The van der Waals surface area contributed by atoms with E-state index in [2.05, 4.69) is 10.1 Å². The van der Waals surface area contributed by atoms with Crippen LogP contribution in [0.15, 0.2) is 18.2 Å². The molecule has 120 valence electrons. The number of nitrogens with one attached hydrogen (secondary N) is 1. The van der Waals surface area contributed by atoms with Gasteiger partial charge in [-0.2, -0.15) is 13.2 Å². The molecule has 0 aromatic heterocycles. The first-order valence-corrected chi connectivity index (χ1v) is 7.05. The van der Waals surface area contributed by atoms with E-state index in [1.165, 1.54) is 6.07 Å². The Morgan fingerprint density at radius 2 is 1.91 bits per heavy atom. The second kappa shape index (κ2) is 6.81. The minimum atomic E-state index is -4.71. The normalized spacial score (nSPS) is 16.1. The van der Waals surface area contributed by atoms with Crippen molar-refractivity contribution in [2.75, 3.05) is 0 Å².